The number of benzene rings is 1. The zero-order chi connectivity index (χ0) is 33.2. The van der Waals surface area contributed by atoms with E-state index >= 15 is 0 Å². The number of carbonyl (C=O) groups excluding carboxylic acids is 6. The van der Waals surface area contributed by atoms with Gasteiger partial charge in [-0.15, -0.1) is 0 Å². The van der Waals surface area contributed by atoms with Crippen LogP contribution in [0.3, 0.4) is 0 Å². The molecule has 1 aliphatic heterocycles. The maximum absolute atomic E-state index is 13.7. The molecule has 2 aromatic rings. The van der Waals surface area contributed by atoms with E-state index in [0.29, 0.717) is 17.7 Å². The van der Waals surface area contributed by atoms with Crippen molar-refractivity contribution in [3.63, 3.8) is 0 Å². The molecule has 1 saturated carbocycles. The lowest BCUT2D eigenvalue weighted by Crippen LogP contribution is -2.58. The number of carbonyl (C=O) groups is 6. The molecule has 1 fully saturated rings. The Morgan fingerprint density at radius 1 is 0.848 bits per heavy atom. The van der Waals surface area contributed by atoms with Gasteiger partial charge in [0.15, 0.2) is 0 Å². The quantitative estimate of drug-likeness (QED) is 0.175. The highest BCUT2D eigenvalue weighted by atomic mass is 16.8. The minimum Gasteiger partial charge on any atom is -0.733 e. The zero-order valence-corrected chi connectivity index (χ0v) is 24.8. The predicted octanol–water partition coefficient (Wildman–Crippen LogP) is -0.941. The molecule has 16 heteroatoms. The van der Waals surface area contributed by atoms with Crippen LogP contribution in [0.1, 0.15) is 37.0 Å². The molecule has 0 spiro atoms. The summed E-state index contributed by atoms with van der Waals surface area (Å²) in [6.07, 6.45) is 5.02. The summed E-state index contributed by atoms with van der Waals surface area (Å²) in [4.78, 5) is 77.7. The van der Waals surface area contributed by atoms with Gasteiger partial charge in [-0.2, -0.15) is 0 Å². The Kier molecular flexibility index (Phi) is 11.5. The van der Waals surface area contributed by atoms with Gasteiger partial charge in [0.25, 0.3) is 0 Å². The number of nitrogens with two attached hydrogens (primary N) is 1. The Balaban J connectivity index is 1.64. The monoisotopic (exact) mass is 638 g/mol. The summed E-state index contributed by atoms with van der Waals surface area (Å²) in [5, 5.41) is 33.0. The van der Waals surface area contributed by atoms with Crippen molar-refractivity contribution in [1.82, 2.24) is 26.6 Å². The van der Waals surface area contributed by atoms with Crippen molar-refractivity contribution in [3.05, 3.63) is 71.3 Å². The largest absolute Gasteiger partial charge is 0.733 e. The number of rotatable bonds is 8. The molecule has 1 aromatic carbocycles. The molecule has 8 N–H and O–H groups in total. The van der Waals surface area contributed by atoms with E-state index in [4.69, 9.17) is 15.4 Å². The average molecular weight is 639 g/mol. The van der Waals surface area contributed by atoms with Gasteiger partial charge in [-0.05, 0) is 48.6 Å². The molecule has 16 nitrogen and oxygen atoms in total. The van der Waals surface area contributed by atoms with Crippen molar-refractivity contribution in [3.8, 4) is 0 Å². The number of nitrogens with zero attached hydrogens (tertiary/aromatic N) is 1. The van der Waals surface area contributed by atoms with Gasteiger partial charge in [0.2, 0.25) is 35.4 Å². The van der Waals surface area contributed by atoms with E-state index in [0.717, 1.165) is 25.0 Å². The van der Waals surface area contributed by atoms with Crippen LogP contribution >= 0.6 is 0 Å². The third kappa shape index (κ3) is 10.2. The van der Waals surface area contributed by atoms with Gasteiger partial charge in [-0.25, -0.2) is 0 Å². The molecule has 1 aliphatic carbocycles. The highest BCUT2D eigenvalue weighted by Gasteiger charge is 2.34. The number of amides is 6. The van der Waals surface area contributed by atoms with E-state index in [2.05, 4.69) is 26.6 Å². The maximum Gasteiger partial charge on any atom is 0.244 e. The molecule has 0 unspecified atom stereocenters. The number of hydrogen-bond donors (Lipinski definition) is 7. The Morgan fingerprint density at radius 3 is 2.07 bits per heavy atom. The van der Waals surface area contributed by atoms with Crippen molar-refractivity contribution >= 4 is 41.1 Å². The predicted molar refractivity (Wildman–Crippen MR) is 161 cm³/mol. The van der Waals surface area contributed by atoms with Crippen LogP contribution in [0, 0.1) is 11.1 Å². The Morgan fingerprint density at radius 2 is 1.48 bits per heavy atom. The summed E-state index contributed by atoms with van der Waals surface area (Å²) in [7, 11) is 0. The molecule has 0 saturated heterocycles. The van der Waals surface area contributed by atoms with E-state index in [-0.39, 0.29) is 42.6 Å². The first kappa shape index (κ1) is 33.7. The lowest BCUT2D eigenvalue weighted by molar-refractivity contribution is -0.133. The summed E-state index contributed by atoms with van der Waals surface area (Å²) >= 11 is 0. The van der Waals surface area contributed by atoms with E-state index in [1.54, 1.807) is 12.1 Å². The number of primary amides is 1. The second-order valence-corrected chi connectivity index (χ2v) is 11.2. The summed E-state index contributed by atoms with van der Waals surface area (Å²) in [5.41, 5.74) is 5.89. The van der Waals surface area contributed by atoms with Gasteiger partial charge in [0, 0.05) is 31.5 Å². The highest BCUT2D eigenvalue weighted by Crippen LogP contribution is 2.33. The highest BCUT2D eigenvalue weighted by molar-refractivity contribution is 6.00. The van der Waals surface area contributed by atoms with Crippen LogP contribution in [0.25, 0.3) is 0 Å². The molecule has 6 amide bonds. The van der Waals surface area contributed by atoms with Crippen LogP contribution in [0.5, 0.6) is 0 Å². The molecule has 2 aliphatic rings. The number of nitrogens with one attached hydrogen (secondary N) is 5. The first-order valence-electron chi connectivity index (χ1n) is 14.7. The first-order valence-corrected chi connectivity index (χ1v) is 14.7. The van der Waals surface area contributed by atoms with E-state index < -0.39 is 59.6 Å². The molecule has 4 atom stereocenters. The Bertz CT molecular complexity index is 1440. The summed E-state index contributed by atoms with van der Waals surface area (Å²) < 4.78 is 5.40. The zero-order valence-electron chi connectivity index (χ0n) is 24.8. The third-order valence-electron chi connectivity index (χ3n) is 7.53. The van der Waals surface area contributed by atoms with E-state index in [1.807, 2.05) is 0 Å². The standard InChI is InChI=1S/C30H36N7O9/c31-27(40)21-11-12-32-28(41)22(14-18-5-7-19(8-6-18)37(44)45)35-30(43)24(16-20-2-1-13-46-20)36-29(42)23(15-17-3-4-17)34-26(39)10-9-25(38)33-21/h1-2,5-10,13,17,21-24,44H,3-4,11-12,14-16H2,(H2,31,40)(H,32,41)(H,33,38)(H,34,39)(H,35,43)(H,36,42)/q-1/b10-9-/t21-,22-,23-,24-/m0/s1. The number of anilines is 1. The molecular weight excluding hydrogens is 602 g/mol. The summed E-state index contributed by atoms with van der Waals surface area (Å²) in [5.74, 6) is -3.86. The fraction of sp³-hybridized carbons (Fsp3) is 0.400. The Hall–Kier alpha value is -5.22. The van der Waals surface area contributed by atoms with Crippen molar-refractivity contribution < 1.29 is 38.4 Å². The fourth-order valence-electron chi connectivity index (χ4n) is 4.85. The average Bonchev–Trinajstić information content (AvgIpc) is 3.69. The summed E-state index contributed by atoms with van der Waals surface area (Å²) in [6, 6.07) is 4.19. The van der Waals surface area contributed by atoms with Gasteiger partial charge in [-0.3, -0.25) is 34.0 Å². The minimum atomic E-state index is -1.22. The van der Waals surface area contributed by atoms with Crippen LogP contribution in [0.2, 0.25) is 0 Å². The van der Waals surface area contributed by atoms with Gasteiger partial charge < -0.3 is 47.2 Å². The van der Waals surface area contributed by atoms with Crippen LogP contribution in [0.15, 0.2) is 59.2 Å². The van der Waals surface area contributed by atoms with Crippen molar-refractivity contribution in [2.45, 2.75) is 62.7 Å². The van der Waals surface area contributed by atoms with Crippen molar-refractivity contribution in [2.75, 3.05) is 11.8 Å². The SMILES string of the molecule is NC(=O)[C@@H]1CCNC(=O)[C@H](Cc2ccc(N([O-])O)cc2)NC(=O)[C@H](Cc2ccco2)NC(=O)[C@H](CC2CC2)NC(=O)/C=C\C(=O)N1. The topological polar surface area (TPSA) is 248 Å². The first-order chi connectivity index (χ1) is 22.0. The molecule has 4 rings (SSSR count). The lowest BCUT2D eigenvalue weighted by Gasteiger charge is -2.26. The van der Waals surface area contributed by atoms with Crippen LogP contribution in [-0.4, -0.2) is 71.4 Å². The number of hydrogen-bond acceptors (Lipinski definition) is 10. The smallest absolute Gasteiger partial charge is 0.244 e. The molecule has 46 heavy (non-hydrogen) atoms. The molecule has 2 heterocycles. The molecule has 1 aromatic heterocycles. The maximum atomic E-state index is 13.7. The lowest BCUT2D eigenvalue weighted by atomic mass is 10.0. The molecule has 0 radical (unpaired) electrons. The van der Waals surface area contributed by atoms with Crippen molar-refractivity contribution in [2.24, 2.45) is 11.7 Å². The van der Waals surface area contributed by atoms with E-state index in [9.17, 15) is 34.0 Å². The second kappa shape index (κ2) is 15.7. The summed E-state index contributed by atoms with van der Waals surface area (Å²) in [6.45, 7) is -0.132. The Labute approximate surface area is 263 Å². The van der Waals surface area contributed by atoms with Gasteiger partial charge >= 0.3 is 0 Å². The third-order valence-corrected chi connectivity index (χ3v) is 7.53. The van der Waals surface area contributed by atoms with E-state index in [1.165, 1.54) is 30.5 Å². The minimum absolute atomic E-state index is 0.0506. The van der Waals surface area contributed by atoms with Crippen molar-refractivity contribution in [1.29, 1.82) is 0 Å². The molecular formula is C30H36N7O9-. The number of furan rings is 1. The van der Waals surface area contributed by atoms with Crippen LogP contribution in [0.4, 0.5) is 5.69 Å². The van der Waals surface area contributed by atoms with Crippen LogP contribution < -0.4 is 37.5 Å². The van der Waals surface area contributed by atoms with Gasteiger partial charge in [-0.1, -0.05) is 25.0 Å². The normalized spacial score (nSPS) is 24.3. The fourth-order valence-corrected chi connectivity index (χ4v) is 4.85. The van der Waals surface area contributed by atoms with Gasteiger partial charge in [0.05, 0.1) is 12.0 Å². The van der Waals surface area contributed by atoms with Crippen LogP contribution in [-0.2, 0) is 41.6 Å². The molecule has 246 valence electrons. The van der Waals surface area contributed by atoms with Gasteiger partial charge in [0.1, 0.15) is 29.9 Å². The molecule has 0 bridgehead atoms. The second-order valence-electron chi connectivity index (χ2n) is 11.2.